The maximum atomic E-state index is 12.9. The molecule has 0 bridgehead atoms. The first kappa shape index (κ1) is 21.8. The van der Waals surface area contributed by atoms with E-state index in [1.165, 1.54) is 11.9 Å². The van der Waals surface area contributed by atoms with E-state index in [0.29, 0.717) is 5.75 Å². The number of hydrogen-bond donors (Lipinski definition) is 0. The molecule has 0 radical (unpaired) electrons. The second kappa shape index (κ2) is 8.09. The lowest BCUT2D eigenvalue weighted by Gasteiger charge is -2.36. The fourth-order valence-electron chi connectivity index (χ4n) is 3.13. The number of aryl methyl sites for hydroxylation is 3. The van der Waals surface area contributed by atoms with E-state index < -0.39 is 29.6 Å². The predicted octanol–water partition coefficient (Wildman–Crippen LogP) is 4.29. The standard InChI is InChI=1S/C18H19F3N4O4S/c1-9-7-10(2)13(11(3)8-9)29-17(27)28-12-5-6-24(4)16(26)25(12)15-23-22-14(30-15)18(19,20)21/h7-8,12H,5-6H2,1-4H3. The number of carbonyl (C=O) groups excluding carboxylic acids is 2. The molecule has 0 N–H and O–H groups in total. The summed E-state index contributed by atoms with van der Waals surface area (Å²) in [6, 6.07) is 3.01. The molecule has 3 rings (SSSR count). The van der Waals surface area contributed by atoms with Gasteiger partial charge in [0.05, 0.1) is 0 Å². The molecule has 2 aromatic rings. The van der Waals surface area contributed by atoms with Crippen LogP contribution in [-0.2, 0) is 10.9 Å². The van der Waals surface area contributed by atoms with Gasteiger partial charge in [0.25, 0.3) is 0 Å². The molecule has 8 nitrogen and oxygen atoms in total. The molecule has 1 unspecified atom stereocenters. The van der Waals surface area contributed by atoms with Crippen LogP contribution in [0, 0.1) is 20.8 Å². The Morgan fingerprint density at radius 1 is 1.20 bits per heavy atom. The van der Waals surface area contributed by atoms with Crippen LogP contribution in [0.5, 0.6) is 5.75 Å². The SMILES string of the molecule is Cc1cc(C)c(OC(=O)OC2CCN(C)C(=O)N2c2nnc(C(F)(F)F)s2)c(C)c1. The number of carbonyl (C=O) groups is 2. The van der Waals surface area contributed by atoms with E-state index in [-0.39, 0.29) is 29.4 Å². The highest BCUT2D eigenvalue weighted by molar-refractivity contribution is 7.15. The number of halogens is 3. The van der Waals surface area contributed by atoms with Gasteiger partial charge in [-0.25, -0.2) is 14.5 Å². The summed E-state index contributed by atoms with van der Waals surface area (Å²) in [5.74, 6) is 0.326. The minimum Gasteiger partial charge on any atom is -0.409 e. The number of nitrogens with zero attached hydrogens (tertiary/aromatic N) is 4. The third kappa shape index (κ3) is 4.48. The number of amides is 2. The molecular formula is C18H19F3N4O4S. The number of aromatic nitrogens is 2. The van der Waals surface area contributed by atoms with Crippen LogP contribution < -0.4 is 9.64 Å². The second-order valence-corrected chi connectivity index (χ2v) is 7.86. The van der Waals surface area contributed by atoms with Gasteiger partial charge in [-0.1, -0.05) is 29.0 Å². The molecule has 1 aliphatic rings. The van der Waals surface area contributed by atoms with Gasteiger partial charge in [-0.3, -0.25) is 0 Å². The van der Waals surface area contributed by atoms with Gasteiger partial charge < -0.3 is 14.4 Å². The van der Waals surface area contributed by atoms with Crippen LogP contribution in [0.1, 0.15) is 28.1 Å². The Morgan fingerprint density at radius 2 is 1.83 bits per heavy atom. The summed E-state index contributed by atoms with van der Waals surface area (Å²) in [5, 5.41) is 5.04. The van der Waals surface area contributed by atoms with Crippen LogP contribution in [0.25, 0.3) is 0 Å². The van der Waals surface area contributed by atoms with Crippen LogP contribution in [0.2, 0.25) is 0 Å². The van der Waals surface area contributed by atoms with E-state index in [0.717, 1.165) is 21.6 Å². The highest BCUT2D eigenvalue weighted by atomic mass is 32.1. The first-order chi connectivity index (χ1) is 14.0. The van der Waals surface area contributed by atoms with Crippen molar-refractivity contribution in [3.8, 4) is 5.75 Å². The molecule has 30 heavy (non-hydrogen) atoms. The fraction of sp³-hybridized carbons (Fsp3) is 0.444. The largest absolute Gasteiger partial charge is 0.515 e. The predicted molar refractivity (Wildman–Crippen MR) is 102 cm³/mol. The smallest absolute Gasteiger partial charge is 0.409 e. The van der Waals surface area contributed by atoms with E-state index in [4.69, 9.17) is 9.47 Å². The average molecular weight is 444 g/mol. The first-order valence-corrected chi connectivity index (χ1v) is 9.70. The number of rotatable bonds is 3. The van der Waals surface area contributed by atoms with Gasteiger partial charge in [-0.15, -0.1) is 10.2 Å². The highest BCUT2D eigenvalue weighted by Gasteiger charge is 2.41. The molecule has 2 heterocycles. The van der Waals surface area contributed by atoms with Gasteiger partial charge in [0.15, 0.2) is 6.23 Å². The molecule has 1 fully saturated rings. The number of alkyl halides is 3. The lowest BCUT2D eigenvalue weighted by atomic mass is 10.1. The Balaban J connectivity index is 1.82. The lowest BCUT2D eigenvalue weighted by molar-refractivity contribution is -0.138. The van der Waals surface area contributed by atoms with Gasteiger partial charge in [-0.05, 0) is 31.9 Å². The number of urea groups is 1. The molecule has 1 atom stereocenters. The molecule has 0 aliphatic carbocycles. The maximum Gasteiger partial charge on any atom is 0.515 e. The topological polar surface area (TPSA) is 84.9 Å². The van der Waals surface area contributed by atoms with E-state index in [1.807, 2.05) is 19.1 Å². The summed E-state index contributed by atoms with van der Waals surface area (Å²) in [7, 11) is 1.48. The summed E-state index contributed by atoms with van der Waals surface area (Å²) < 4.78 is 49.3. The zero-order valence-electron chi connectivity index (χ0n) is 16.6. The molecule has 1 saturated heterocycles. The van der Waals surface area contributed by atoms with E-state index >= 15 is 0 Å². The van der Waals surface area contributed by atoms with Gasteiger partial charge in [0.2, 0.25) is 10.1 Å². The van der Waals surface area contributed by atoms with Crippen LogP contribution >= 0.6 is 11.3 Å². The zero-order valence-corrected chi connectivity index (χ0v) is 17.4. The summed E-state index contributed by atoms with van der Waals surface area (Å²) in [5.41, 5.74) is 2.44. The fourth-order valence-corrected chi connectivity index (χ4v) is 3.87. The number of anilines is 1. The average Bonchev–Trinajstić information content (AvgIpc) is 3.11. The van der Waals surface area contributed by atoms with Crippen molar-refractivity contribution in [1.82, 2.24) is 15.1 Å². The monoisotopic (exact) mass is 444 g/mol. The van der Waals surface area contributed by atoms with Gasteiger partial charge in [0.1, 0.15) is 5.75 Å². The summed E-state index contributed by atoms with van der Waals surface area (Å²) in [6.07, 6.45) is -6.79. The van der Waals surface area contributed by atoms with E-state index in [1.54, 1.807) is 13.8 Å². The van der Waals surface area contributed by atoms with Crippen molar-refractivity contribution in [3.63, 3.8) is 0 Å². The van der Waals surface area contributed by atoms with E-state index in [9.17, 15) is 22.8 Å². The van der Waals surface area contributed by atoms with E-state index in [2.05, 4.69) is 10.2 Å². The zero-order chi connectivity index (χ0) is 22.2. The van der Waals surface area contributed by atoms with Gasteiger partial charge in [0, 0.05) is 20.0 Å². The third-order valence-corrected chi connectivity index (χ3v) is 5.38. The second-order valence-electron chi connectivity index (χ2n) is 6.90. The van der Waals surface area contributed by atoms with Crippen molar-refractivity contribution >= 4 is 28.7 Å². The van der Waals surface area contributed by atoms with Crippen LogP contribution in [0.15, 0.2) is 12.1 Å². The number of benzene rings is 1. The Kier molecular flexibility index (Phi) is 5.88. The quantitative estimate of drug-likeness (QED) is 0.519. The van der Waals surface area contributed by atoms with Crippen molar-refractivity contribution in [2.45, 2.75) is 39.6 Å². The molecule has 1 aromatic carbocycles. The highest BCUT2D eigenvalue weighted by Crippen LogP contribution is 2.36. The van der Waals surface area contributed by atoms with Crippen molar-refractivity contribution in [1.29, 1.82) is 0 Å². The van der Waals surface area contributed by atoms with Crippen molar-refractivity contribution in [2.24, 2.45) is 0 Å². The summed E-state index contributed by atoms with van der Waals surface area (Å²) in [6.45, 7) is 5.68. The minimum atomic E-state index is -4.70. The Morgan fingerprint density at radius 3 is 2.40 bits per heavy atom. The third-order valence-electron chi connectivity index (χ3n) is 4.42. The molecule has 12 heteroatoms. The minimum absolute atomic E-state index is 0.157. The van der Waals surface area contributed by atoms with Crippen molar-refractivity contribution in [2.75, 3.05) is 18.5 Å². The van der Waals surface area contributed by atoms with Gasteiger partial charge in [-0.2, -0.15) is 13.2 Å². The lowest BCUT2D eigenvalue weighted by Crippen LogP contribution is -2.55. The Labute approximate surface area is 174 Å². The Hall–Kier alpha value is -2.89. The van der Waals surface area contributed by atoms with Crippen LogP contribution in [0.3, 0.4) is 0 Å². The molecule has 2 amide bonds. The normalized spacial score (nSPS) is 17.3. The molecule has 0 spiro atoms. The van der Waals surface area contributed by atoms with Crippen LogP contribution in [0.4, 0.5) is 27.9 Å². The number of ether oxygens (including phenoxy) is 2. The summed E-state index contributed by atoms with van der Waals surface area (Å²) >= 11 is 0.193. The van der Waals surface area contributed by atoms with Crippen LogP contribution in [-0.4, -0.2) is 47.1 Å². The molecular weight excluding hydrogens is 425 g/mol. The Bertz CT molecular complexity index is 956. The molecule has 1 aromatic heterocycles. The van der Waals surface area contributed by atoms with Gasteiger partial charge >= 0.3 is 18.4 Å². The number of hydrogen-bond acceptors (Lipinski definition) is 7. The molecule has 162 valence electrons. The maximum absolute atomic E-state index is 12.9. The molecule has 1 aliphatic heterocycles. The molecule has 0 saturated carbocycles. The summed E-state index contributed by atoms with van der Waals surface area (Å²) in [4.78, 5) is 27.1. The van der Waals surface area contributed by atoms with Crippen molar-refractivity contribution in [3.05, 3.63) is 33.8 Å². The van der Waals surface area contributed by atoms with Crippen molar-refractivity contribution < 1.29 is 32.2 Å². The first-order valence-electron chi connectivity index (χ1n) is 8.88.